The maximum Gasteiger partial charge on any atom is 0.264 e. The van der Waals surface area contributed by atoms with E-state index in [0.717, 1.165) is 11.3 Å². The van der Waals surface area contributed by atoms with Crippen molar-refractivity contribution in [3.63, 3.8) is 0 Å². The maximum absolute atomic E-state index is 6.09. The van der Waals surface area contributed by atoms with Gasteiger partial charge in [-0.05, 0) is 30.2 Å². The molecule has 0 aliphatic heterocycles. The zero-order valence-electron chi connectivity index (χ0n) is 13.9. The number of hydrazone groups is 1. The fourth-order valence-electron chi connectivity index (χ4n) is 2.13. The molecule has 134 valence electrons. The summed E-state index contributed by atoms with van der Waals surface area (Å²) in [5.74, 6) is 7.11. The van der Waals surface area contributed by atoms with Crippen molar-refractivity contribution in [3.05, 3.63) is 69.2 Å². The molecule has 1 aromatic heterocycles. The molecule has 26 heavy (non-hydrogen) atoms. The second-order valence-corrected chi connectivity index (χ2v) is 7.21. The Kier molecular flexibility index (Phi) is 6.03. The van der Waals surface area contributed by atoms with Crippen LogP contribution in [0.15, 0.2) is 52.7 Å². The maximum atomic E-state index is 6.09. The Labute approximate surface area is 165 Å². The van der Waals surface area contributed by atoms with Gasteiger partial charge in [-0.3, -0.25) is 0 Å². The van der Waals surface area contributed by atoms with E-state index in [-0.39, 0.29) is 0 Å². The number of nitrogens with zero attached hydrogens (tertiary/aromatic N) is 4. The first kappa shape index (κ1) is 18.6. The molecule has 0 saturated carbocycles. The molecule has 0 radical (unpaired) electrons. The number of aromatic nitrogens is 3. The summed E-state index contributed by atoms with van der Waals surface area (Å²) in [6, 6.07) is 13.3. The second-order valence-electron chi connectivity index (χ2n) is 5.43. The SMILES string of the molecule is Cc1ccccc1CSc1nnc(N/N=C/c2ccc(Cl)cc2Cl)n1N. The zero-order valence-corrected chi connectivity index (χ0v) is 16.2. The van der Waals surface area contributed by atoms with Crippen LogP contribution in [0.25, 0.3) is 0 Å². The Hall–Kier alpha value is -2.22. The van der Waals surface area contributed by atoms with E-state index < -0.39 is 0 Å². The fraction of sp³-hybridized carbons (Fsp3) is 0.118. The lowest BCUT2D eigenvalue weighted by Crippen LogP contribution is -2.13. The van der Waals surface area contributed by atoms with Gasteiger partial charge in [0.2, 0.25) is 5.16 Å². The molecule has 0 aliphatic rings. The molecule has 0 bridgehead atoms. The fourth-order valence-corrected chi connectivity index (χ4v) is 3.52. The van der Waals surface area contributed by atoms with Crippen molar-refractivity contribution in [3.8, 4) is 0 Å². The van der Waals surface area contributed by atoms with Gasteiger partial charge in [-0.2, -0.15) is 5.10 Å². The number of hydrogen-bond donors (Lipinski definition) is 2. The van der Waals surface area contributed by atoms with Gasteiger partial charge in [0.15, 0.2) is 0 Å². The van der Waals surface area contributed by atoms with Crippen LogP contribution in [-0.4, -0.2) is 21.1 Å². The number of benzene rings is 2. The number of rotatable bonds is 6. The van der Waals surface area contributed by atoms with Crippen molar-refractivity contribution in [2.45, 2.75) is 17.8 Å². The van der Waals surface area contributed by atoms with Gasteiger partial charge in [0.1, 0.15) is 0 Å². The van der Waals surface area contributed by atoms with Crippen molar-refractivity contribution in [2.24, 2.45) is 5.10 Å². The van der Waals surface area contributed by atoms with Crippen LogP contribution in [0.2, 0.25) is 10.0 Å². The summed E-state index contributed by atoms with van der Waals surface area (Å²) in [6.45, 7) is 2.08. The number of anilines is 1. The topological polar surface area (TPSA) is 81.1 Å². The van der Waals surface area contributed by atoms with Gasteiger partial charge in [-0.15, -0.1) is 10.2 Å². The quantitative estimate of drug-likeness (QED) is 0.275. The van der Waals surface area contributed by atoms with Crippen LogP contribution in [-0.2, 0) is 5.75 Å². The summed E-state index contributed by atoms with van der Waals surface area (Å²) in [7, 11) is 0. The number of nitrogens with one attached hydrogen (secondary N) is 1. The first-order valence-electron chi connectivity index (χ1n) is 7.66. The van der Waals surface area contributed by atoms with Gasteiger partial charge < -0.3 is 5.84 Å². The third kappa shape index (κ3) is 4.49. The molecule has 0 unspecified atom stereocenters. The standard InChI is InChI=1S/C17H16Cl2N6S/c1-11-4-2-3-5-13(11)10-26-17-24-23-16(25(17)20)22-21-9-12-6-7-14(18)8-15(12)19/h2-9H,10,20H2,1H3,(H,22,23)/b21-9+. The monoisotopic (exact) mass is 406 g/mol. The molecule has 0 spiro atoms. The van der Waals surface area contributed by atoms with E-state index in [1.807, 2.05) is 12.1 Å². The highest BCUT2D eigenvalue weighted by molar-refractivity contribution is 7.98. The molecule has 0 atom stereocenters. The van der Waals surface area contributed by atoms with Crippen LogP contribution in [0.5, 0.6) is 0 Å². The minimum Gasteiger partial charge on any atom is -0.334 e. The van der Waals surface area contributed by atoms with Crippen molar-refractivity contribution in [2.75, 3.05) is 11.3 Å². The number of aryl methyl sites for hydroxylation is 1. The Morgan fingerprint density at radius 3 is 2.81 bits per heavy atom. The van der Waals surface area contributed by atoms with E-state index in [2.05, 4.69) is 39.8 Å². The highest BCUT2D eigenvalue weighted by Gasteiger charge is 2.10. The van der Waals surface area contributed by atoms with E-state index in [1.54, 1.807) is 24.4 Å². The molecular formula is C17H16Cl2N6S. The highest BCUT2D eigenvalue weighted by atomic mass is 35.5. The number of halogens is 2. The Morgan fingerprint density at radius 1 is 1.23 bits per heavy atom. The van der Waals surface area contributed by atoms with Crippen LogP contribution < -0.4 is 11.3 Å². The molecule has 0 aliphatic carbocycles. The van der Waals surface area contributed by atoms with Gasteiger partial charge in [0.05, 0.1) is 11.2 Å². The predicted octanol–water partition coefficient (Wildman–Crippen LogP) is 4.35. The van der Waals surface area contributed by atoms with Crippen molar-refractivity contribution in [1.29, 1.82) is 0 Å². The molecule has 2 aromatic carbocycles. The lowest BCUT2D eigenvalue weighted by molar-refractivity contribution is 0.847. The number of hydrogen-bond acceptors (Lipinski definition) is 6. The largest absolute Gasteiger partial charge is 0.334 e. The smallest absolute Gasteiger partial charge is 0.264 e. The van der Waals surface area contributed by atoms with Crippen molar-refractivity contribution >= 4 is 47.1 Å². The summed E-state index contributed by atoms with van der Waals surface area (Å²) in [5.41, 5.74) is 5.94. The lowest BCUT2D eigenvalue weighted by Gasteiger charge is -2.05. The third-order valence-corrected chi connectivity index (χ3v) is 5.17. The van der Waals surface area contributed by atoms with E-state index >= 15 is 0 Å². The Balaban J connectivity index is 1.63. The summed E-state index contributed by atoms with van der Waals surface area (Å²) in [4.78, 5) is 0. The van der Waals surface area contributed by atoms with Crippen LogP contribution in [0.3, 0.4) is 0 Å². The van der Waals surface area contributed by atoms with E-state index in [9.17, 15) is 0 Å². The van der Waals surface area contributed by atoms with Crippen molar-refractivity contribution < 1.29 is 0 Å². The molecule has 0 saturated heterocycles. The van der Waals surface area contributed by atoms with Crippen molar-refractivity contribution in [1.82, 2.24) is 14.9 Å². The summed E-state index contributed by atoms with van der Waals surface area (Å²) >= 11 is 13.5. The van der Waals surface area contributed by atoms with Crippen LogP contribution in [0.4, 0.5) is 5.95 Å². The molecule has 3 N–H and O–H groups in total. The Morgan fingerprint density at radius 2 is 2.04 bits per heavy atom. The van der Waals surface area contributed by atoms with Gasteiger partial charge in [0.25, 0.3) is 5.95 Å². The summed E-state index contributed by atoms with van der Waals surface area (Å²) < 4.78 is 1.36. The lowest BCUT2D eigenvalue weighted by atomic mass is 10.1. The van der Waals surface area contributed by atoms with Gasteiger partial charge in [-0.25, -0.2) is 10.1 Å². The minimum atomic E-state index is 0.332. The van der Waals surface area contributed by atoms with Gasteiger partial charge >= 0.3 is 0 Å². The van der Waals surface area contributed by atoms with Crippen LogP contribution in [0, 0.1) is 6.92 Å². The molecule has 3 rings (SSSR count). The molecular weight excluding hydrogens is 391 g/mol. The number of nitrogens with two attached hydrogens (primary N) is 1. The zero-order chi connectivity index (χ0) is 18.5. The number of thioether (sulfide) groups is 1. The van der Waals surface area contributed by atoms with Crippen LogP contribution in [0.1, 0.15) is 16.7 Å². The molecule has 1 heterocycles. The highest BCUT2D eigenvalue weighted by Crippen LogP contribution is 2.23. The van der Waals surface area contributed by atoms with Gasteiger partial charge in [-0.1, -0.05) is 65.3 Å². The molecule has 9 heteroatoms. The molecule has 3 aromatic rings. The first-order valence-corrected chi connectivity index (χ1v) is 9.40. The second kappa shape index (κ2) is 8.44. The van der Waals surface area contributed by atoms with Crippen LogP contribution >= 0.6 is 35.0 Å². The molecule has 0 amide bonds. The number of nitrogen functional groups attached to an aromatic ring is 1. The average molecular weight is 407 g/mol. The first-order chi connectivity index (χ1) is 12.5. The molecule has 6 nitrogen and oxygen atoms in total. The average Bonchev–Trinajstić information content (AvgIpc) is 2.96. The Bertz CT molecular complexity index is 941. The summed E-state index contributed by atoms with van der Waals surface area (Å²) in [5, 5.41) is 13.9. The van der Waals surface area contributed by atoms with E-state index in [4.69, 9.17) is 29.0 Å². The molecule has 0 fully saturated rings. The van der Waals surface area contributed by atoms with E-state index in [1.165, 1.54) is 27.6 Å². The predicted molar refractivity (Wildman–Crippen MR) is 109 cm³/mol. The third-order valence-electron chi connectivity index (χ3n) is 3.61. The minimum absolute atomic E-state index is 0.332. The normalized spacial score (nSPS) is 11.2. The van der Waals surface area contributed by atoms with Gasteiger partial charge in [0, 0.05) is 16.3 Å². The van der Waals surface area contributed by atoms with E-state index in [0.29, 0.717) is 21.2 Å². The summed E-state index contributed by atoms with van der Waals surface area (Å²) in [6.07, 6.45) is 1.56.